The molecule has 1 spiro atoms. The van der Waals surface area contributed by atoms with E-state index in [0.29, 0.717) is 11.3 Å². The zero-order valence-electron chi connectivity index (χ0n) is 17.7. The second-order valence-electron chi connectivity index (χ2n) is 8.69. The number of amides is 2. The van der Waals surface area contributed by atoms with E-state index in [2.05, 4.69) is 0 Å². The number of ether oxygens (including phenoxy) is 1. The maximum Gasteiger partial charge on any atom is 0.241 e. The minimum atomic E-state index is -2.04. The van der Waals surface area contributed by atoms with Gasteiger partial charge in [0.1, 0.15) is 0 Å². The van der Waals surface area contributed by atoms with Gasteiger partial charge in [0.25, 0.3) is 0 Å². The molecular weight excluding hydrogens is 418 g/mol. The number of fused-ring (bicyclic) bond motifs is 3. The topological polar surface area (TPSA) is 80.8 Å². The van der Waals surface area contributed by atoms with Gasteiger partial charge in [0.15, 0.2) is 0 Å². The lowest BCUT2D eigenvalue weighted by molar-refractivity contribution is -0.127. The van der Waals surface area contributed by atoms with Crippen LogP contribution in [0.15, 0.2) is 78.9 Å². The third-order valence-corrected chi connectivity index (χ3v) is 7.00. The minimum absolute atomic E-state index is 0.226. The zero-order valence-corrected chi connectivity index (χ0v) is 17.7. The molecule has 2 saturated heterocycles. The Bertz CT molecular complexity index is 1330. The van der Waals surface area contributed by atoms with Crippen LogP contribution in [-0.4, -0.2) is 29.0 Å². The molecule has 3 aromatic carbocycles. The number of rotatable bonds is 2. The zero-order chi connectivity index (χ0) is 22.9. The quantitative estimate of drug-likeness (QED) is 0.451. The van der Waals surface area contributed by atoms with Crippen molar-refractivity contribution in [2.24, 2.45) is 11.8 Å². The molecule has 0 saturated carbocycles. The highest BCUT2D eigenvalue weighted by molar-refractivity contribution is 6.37. The van der Waals surface area contributed by atoms with Gasteiger partial charge in [0, 0.05) is 11.1 Å². The lowest BCUT2D eigenvalue weighted by Gasteiger charge is -2.27. The van der Waals surface area contributed by atoms with Gasteiger partial charge in [-0.25, -0.2) is 4.90 Å². The Morgan fingerprint density at radius 3 is 1.94 bits per heavy atom. The fraction of sp³-hybridized carbons (Fsp3) is 0.185. The fourth-order valence-corrected chi connectivity index (χ4v) is 5.51. The van der Waals surface area contributed by atoms with E-state index in [9.17, 15) is 19.2 Å². The van der Waals surface area contributed by atoms with Gasteiger partial charge in [-0.15, -0.1) is 0 Å². The molecule has 0 unspecified atom stereocenters. The summed E-state index contributed by atoms with van der Waals surface area (Å²) in [5.41, 5.74) is 0.263. The van der Waals surface area contributed by atoms with E-state index < -0.39 is 46.9 Å². The SMILES string of the molecule is Cc1ccccc1N1C(=O)[C@H]2[C@@H](c3ccccc3)OC3(C(=O)c4ccccc4C3=O)[C@@H]2C1=O. The smallest absolute Gasteiger partial charge is 0.241 e. The van der Waals surface area contributed by atoms with Crippen molar-refractivity contribution >= 4 is 29.1 Å². The van der Waals surface area contributed by atoms with E-state index in [4.69, 9.17) is 4.74 Å². The highest BCUT2D eigenvalue weighted by atomic mass is 16.5. The van der Waals surface area contributed by atoms with Gasteiger partial charge in [-0.05, 0) is 24.1 Å². The average molecular weight is 437 g/mol. The molecule has 6 nitrogen and oxygen atoms in total. The predicted octanol–water partition coefficient (Wildman–Crippen LogP) is 3.69. The summed E-state index contributed by atoms with van der Waals surface area (Å²) in [7, 11) is 0. The van der Waals surface area contributed by atoms with Crippen molar-refractivity contribution in [2.75, 3.05) is 4.90 Å². The number of benzene rings is 3. The summed E-state index contributed by atoms with van der Waals surface area (Å²) < 4.78 is 6.26. The molecule has 2 heterocycles. The molecule has 2 amide bonds. The molecule has 2 fully saturated rings. The average Bonchev–Trinajstić information content (AvgIpc) is 3.40. The van der Waals surface area contributed by atoms with Crippen molar-refractivity contribution in [1.82, 2.24) is 0 Å². The predicted molar refractivity (Wildman–Crippen MR) is 119 cm³/mol. The molecule has 0 aromatic heterocycles. The first-order valence-electron chi connectivity index (χ1n) is 10.8. The second kappa shape index (κ2) is 6.80. The Kier molecular flexibility index (Phi) is 4.07. The number of carbonyl (C=O) groups excluding carboxylic acids is 4. The first kappa shape index (κ1) is 19.8. The minimum Gasteiger partial charge on any atom is -0.349 e. The molecule has 2 aliphatic heterocycles. The molecular formula is C27H19NO5. The summed E-state index contributed by atoms with van der Waals surface area (Å²) in [6, 6.07) is 22.6. The molecule has 6 heteroatoms. The third kappa shape index (κ3) is 2.41. The number of para-hydroxylation sites is 1. The van der Waals surface area contributed by atoms with Crippen molar-refractivity contribution in [3.63, 3.8) is 0 Å². The van der Waals surface area contributed by atoms with Crippen LogP contribution in [0.2, 0.25) is 0 Å². The van der Waals surface area contributed by atoms with Gasteiger partial charge in [-0.3, -0.25) is 19.2 Å². The molecule has 1 aliphatic carbocycles. The van der Waals surface area contributed by atoms with Crippen LogP contribution in [0.1, 0.15) is 37.9 Å². The number of anilines is 1. The first-order valence-corrected chi connectivity index (χ1v) is 10.8. The highest BCUT2D eigenvalue weighted by Gasteiger charge is 2.74. The normalized spacial score (nSPS) is 25.1. The summed E-state index contributed by atoms with van der Waals surface area (Å²) >= 11 is 0. The molecule has 0 bridgehead atoms. The number of hydrogen-bond acceptors (Lipinski definition) is 5. The lowest BCUT2D eigenvalue weighted by atomic mass is 9.77. The van der Waals surface area contributed by atoms with Crippen LogP contribution in [0.5, 0.6) is 0 Å². The van der Waals surface area contributed by atoms with Crippen molar-refractivity contribution in [3.05, 3.63) is 101 Å². The van der Waals surface area contributed by atoms with E-state index >= 15 is 0 Å². The maximum atomic E-state index is 13.9. The molecule has 0 N–H and O–H groups in total. The second-order valence-corrected chi connectivity index (χ2v) is 8.69. The van der Waals surface area contributed by atoms with Crippen LogP contribution in [0.25, 0.3) is 0 Å². The van der Waals surface area contributed by atoms with Gasteiger partial charge < -0.3 is 4.74 Å². The molecule has 162 valence electrons. The van der Waals surface area contributed by atoms with Crippen molar-refractivity contribution in [2.45, 2.75) is 18.6 Å². The molecule has 3 aliphatic rings. The third-order valence-electron chi connectivity index (χ3n) is 7.00. The Labute approximate surface area is 189 Å². The number of aryl methyl sites for hydroxylation is 1. The first-order chi connectivity index (χ1) is 16.0. The number of Topliss-reactive ketones (excluding diaryl/α,β-unsaturated/α-hetero) is 2. The summed E-state index contributed by atoms with van der Waals surface area (Å²) in [5, 5.41) is 0. The van der Waals surface area contributed by atoms with Crippen LogP contribution in [0, 0.1) is 18.8 Å². The van der Waals surface area contributed by atoms with Crippen LogP contribution >= 0.6 is 0 Å². The lowest BCUT2D eigenvalue weighted by Crippen LogP contribution is -2.51. The largest absolute Gasteiger partial charge is 0.349 e. The summed E-state index contributed by atoms with van der Waals surface area (Å²) in [5.74, 6) is -4.36. The summed E-state index contributed by atoms with van der Waals surface area (Å²) in [6.07, 6.45) is -0.899. The van der Waals surface area contributed by atoms with Gasteiger partial charge in [0.2, 0.25) is 29.0 Å². The Hall–Kier alpha value is -3.90. The number of carbonyl (C=O) groups is 4. The van der Waals surface area contributed by atoms with Crippen molar-refractivity contribution in [1.29, 1.82) is 0 Å². The number of imide groups is 1. The van der Waals surface area contributed by atoms with E-state index in [1.165, 1.54) is 0 Å². The van der Waals surface area contributed by atoms with Crippen LogP contribution < -0.4 is 4.90 Å². The van der Waals surface area contributed by atoms with Gasteiger partial charge in [-0.1, -0.05) is 72.8 Å². The maximum absolute atomic E-state index is 13.9. The van der Waals surface area contributed by atoms with Crippen LogP contribution in [0.4, 0.5) is 5.69 Å². The Morgan fingerprint density at radius 2 is 1.30 bits per heavy atom. The number of ketones is 2. The molecule has 3 aromatic rings. The Morgan fingerprint density at radius 1 is 0.727 bits per heavy atom. The molecule has 0 radical (unpaired) electrons. The Balaban J connectivity index is 1.57. The summed E-state index contributed by atoms with van der Waals surface area (Å²) in [4.78, 5) is 56.1. The molecule has 6 rings (SSSR count). The summed E-state index contributed by atoms with van der Waals surface area (Å²) in [6.45, 7) is 1.81. The van der Waals surface area contributed by atoms with Crippen LogP contribution in [0.3, 0.4) is 0 Å². The monoisotopic (exact) mass is 437 g/mol. The van der Waals surface area contributed by atoms with Crippen LogP contribution in [-0.2, 0) is 14.3 Å². The molecule has 3 atom stereocenters. The highest BCUT2D eigenvalue weighted by Crippen LogP contribution is 2.57. The van der Waals surface area contributed by atoms with E-state index in [1.54, 1.807) is 60.7 Å². The van der Waals surface area contributed by atoms with Gasteiger partial charge in [0.05, 0.1) is 23.6 Å². The fourth-order valence-electron chi connectivity index (χ4n) is 5.51. The van der Waals surface area contributed by atoms with Gasteiger partial charge in [-0.2, -0.15) is 0 Å². The number of hydrogen-bond donors (Lipinski definition) is 0. The van der Waals surface area contributed by atoms with Gasteiger partial charge >= 0.3 is 0 Å². The van der Waals surface area contributed by atoms with Crippen molar-refractivity contribution in [3.8, 4) is 0 Å². The molecule has 33 heavy (non-hydrogen) atoms. The van der Waals surface area contributed by atoms with E-state index in [1.807, 2.05) is 25.1 Å². The van der Waals surface area contributed by atoms with Crippen molar-refractivity contribution < 1.29 is 23.9 Å². The van der Waals surface area contributed by atoms with E-state index in [-0.39, 0.29) is 11.1 Å². The standard InChI is InChI=1S/C27H19NO5/c1-15-9-5-8-14-19(15)28-25(31)20-21(26(28)32)27(33-22(20)16-10-3-2-4-11-16)23(29)17-12-6-7-13-18(17)24(27)30/h2-14,20-22H,1H3/t20-,21+,22-/m1/s1. The number of nitrogens with zero attached hydrogens (tertiary/aromatic N) is 1. The van der Waals surface area contributed by atoms with E-state index in [0.717, 1.165) is 10.5 Å².